The van der Waals surface area contributed by atoms with Gasteiger partial charge in [0.15, 0.2) is 18.5 Å². The van der Waals surface area contributed by atoms with Crippen LogP contribution in [0.3, 0.4) is 0 Å². The van der Waals surface area contributed by atoms with Gasteiger partial charge in [0.1, 0.15) is 5.75 Å². The van der Waals surface area contributed by atoms with Crippen LogP contribution in [0, 0.1) is 11.8 Å². The van der Waals surface area contributed by atoms with Gasteiger partial charge in [0.05, 0.1) is 18.8 Å². The van der Waals surface area contributed by atoms with Gasteiger partial charge in [-0.2, -0.15) is 0 Å². The Balaban J connectivity index is 1.48. The summed E-state index contributed by atoms with van der Waals surface area (Å²) in [5.74, 6) is 1.27. The maximum absolute atomic E-state index is 12.5. The van der Waals surface area contributed by atoms with Crippen LogP contribution >= 0.6 is 0 Å². The van der Waals surface area contributed by atoms with Crippen LogP contribution in [0.4, 0.5) is 0 Å². The van der Waals surface area contributed by atoms with Gasteiger partial charge in [-0.1, -0.05) is 57.6 Å². The van der Waals surface area contributed by atoms with Gasteiger partial charge in [-0.05, 0) is 64.5 Å². The number of benzene rings is 1. The van der Waals surface area contributed by atoms with E-state index in [0.717, 1.165) is 24.0 Å². The lowest BCUT2D eigenvalue weighted by Crippen LogP contribution is -2.40. The molecular formula is C29H44O7. The third kappa shape index (κ3) is 8.48. The topological polar surface area (TPSA) is 80.3 Å². The summed E-state index contributed by atoms with van der Waals surface area (Å²) in [6.07, 6.45) is 6.54. The van der Waals surface area contributed by atoms with Crippen LogP contribution in [0.1, 0.15) is 97.8 Å². The summed E-state index contributed by atoms with van der Waals surface area (Å²) in [7, 11) is 0. The smallest absolute Gasteiger partial charge is 0.339 e. The zero-order chi connectivity index (χ0) is 26.1. The Morgan fingerprint density at radius 2 is 1.33 bits per heavy atom. The van der Waals surface area contributed by atoms with Crippen LogP contribution in [-0.2, 0) is 28.5 Å². The summed E-state index contributed by atoms with van der Waals surface area (Å²) in [5, 5.41) is 0. The van der Waals surface area contributed by atoms with Crippen molar-refractivity contribution < 1.29 is 33.3 Å². The summed E-state index contributed by atoms with van der Waals surface area (Å²) in [6, 6.07) is 7.38. The average molecular weight is 505 g/mol. The Morgan fingerprint density at radius 1 is 0.833 bits per heavy atom. The molecule has 7 heteroatoms. The minimum Gasteiger partial charge on any atom is -0.494 e. The maximum Gasteiger partial charge on any atom is 0.339 e. The van der Waals surface area contributed by atoms with E-state index in [1.165, 1.54) is 44.9 Å². The lowest BCUT2D eigenvalue weighted by atomic mass is 9.78. The normalized spacial score (nSPS) is 24.8. The van der Waals surface area contributed by atoms with Gasteiger partial charge in [-0.15, -0.1) is 0 Å². The standard InChI is InChI=1S/C29H44O7/c1-6-8-21-10-12-22(13-11-21)9-7-18-32-24-16-14-23(15-17-24)29-35-25(27(30)33-19(2)3)26(36-29)28(31)34-20(4)5/h14-17,19-22,25-26,29H,6-13,18H2,1-5H3/t21?,22?,25-,26-/m1/s1. The van der Waals surface area contributed by atoms with Gasteiger partial charge in [-0.25, -0.2) is 9.59 Å². The third-order valence-electron chi connectivity index (χ3n) is 6.82. The van der Waals surface area contributed by atoms with Crippen LogP contribution in [0.2, 0.25) is 0 Å². The largest absolute Gasteiger partial charge is 0.494 e. The number of hydrogen-bond acceptors (Lipinski definition) is 7. The zero-order valence-electron chi connectivity index (χ0n) is 22.6. The Bertz CT molecular complexity index is 781. The van der Waals surface area contributed by atoms with Crippen LogP contribution in [0.15, 0.2) is 24.3 Å². The number of carbonyl (C=O) groups is 2. The Hall–Kier alpha value is -2.12. The van der Waals surface area contributed by atoms with Gasteiger partial charge >= 0.3 is 11.9 Å². The Labute approximate surface area is 216 Å². The molecule has 2 aliphatic rings. The van der Waals surface area contributed by atoms with E-state index in [9.17, 15) is 9.59 Å². The number of hydrogen-bond donors (Lipinski definition) is 0. The summed E-state index contributed by atoms with van der Waals surface area (Å²) in [4.78, 5) is 25.1. The van der Waals surface area contributed by atoms with Crippen molar-refractivity contribution in [2.24, 2.45) is 11.8 Å². The summed E-state index contributed by atoms with van der Waals surface area (Å²) < 4.78 is 28.1. The molecule has 0 amide bonds. The SMILES string of the molecule is CCCC1CCC(CCCOc2ccc(C3O[C@@H](C(=O)OC(C)C)[C@H](C(=O)OC(C)C)O3)cc2)CC1. The summed E-state index contributed by atoms with van der Waals surface area (Å²) >= 11 is 0. The first kappa shape index (κ1) is 28.5. The quantitative estimate of drug-likeness (QED) is 0.250. The molecule has 2 fully saturated rings. The molecular weight excluding hydrogens is 460 g/mol. The van der Waals surface area contributed by atoms with Crippen LogP contribution in [0.5, 0.6) is 5.75 Å². The van der Waals surface area contributed by atoms with Gasteiger partial charge in [0.25, 0.3) is 0 Å². The summed E-state index contributed by atoms with van der Waals surface area (Å²) in [6.45, 7) is 9.93. The highest BCUT2D eigenvalue weighted by Gasteiger charge is 2.48. The fourth-order valence-corrected chi connectivity index (χ4v) is 5.06. The molecule has 0 bridgehead atoms. The molecule has 36 heavy (non-hydrogen) atoms. The minimum absolute atomic E-state index is 0.338. The highest BCUT2D eigenvalue weighted by Crippen LogP contribution is 2.35. The second-order valence-electron chi connectivity index (χ2n) is 10.7. The maximum atomic E-state index is 12.5. The lowest BCUT2D eigenvalue weighted by Gasteiger charge is -2.28. The van der Waals surface area contributed by atoms with E-state index < -0.39 is 30.4 Å². The molecule has 1 aromatic carbocycles. The van der Waals surface area contributed by atoms with Gasteiger partial charge in [0.2, 0.25) is 0 Å². The molecule has 0 unspecified atom stereocenters. The molecule has 1 saturated heterocycles. The molecule has 0 N–H and O–H groups in total. The Morgan fingerprint density at radius 3 is 1.81 bits per heavy atom. The number of esters is 2. The highest BCUT2D eigenvalue weighted by molar-refractivity contribution is 5.86. The molecule has 1 aliphatic carbocycles. The molecule has 0 aromatic heterocycles. The van der Waals surface area contributed by atoms with Gasteiger partial charge < -0.3 is 23.7 Å². The second kappa shape index (κ2) is 14.0. The molecule has 2 atom stereocenters. The molecule has 1 aliphatic heterocycles. The van der Waals surface area contributed by atoms with Crippen molar-refractivity contribution in [2.75, 3.05) is 6.61 Å². The van der Waals surface area contributed by atoms with Crippen molar-refractivity contribution in [1.29, 1.82) is 0 Å². The van der Waals surface area contributed by atoms with E-state index in [1.807, 2.05) is 24.3 Å². The number of rotatable bonds is 12. The van der Waals surface area contributed by atoms with Crippen LogP contribution < -0.4 is 4.74 Å². The van der Waals surface area contributed by atoms with Crippen molar-refractivity contribution >= 4 is 11.9 Å². The predicted molar refractivity (Wildman–Crippen MR) is 136 cm³/mol. The van der Waals surface area contributed by atoms with Gasteiger partial charge in [0, 0.05) is 5.56 Å². The molecule has 1 heterocycles. The average Bonchev–Trinajstić information content (AvgIpc) is 3.29. The highest BCUT2D eigenvalue weighted by atomic mass is 16.8. The summed E-state index contributed by atoms with van der Waals surface area (Å²) in [5.41, 5.74) is 0.688. The van der Waals surface area contributed by atoms with Crippen molar-refractivity contribution in [3.8, 4) is 5.75 Å². The van der Waals surface area contributed by atoms with Crippen molar-refractivity contribution in [2.45, 2.75) is 117 Å². The molecule has 1 aromatic rings. The van der Waals surface area contributed by atoms with E-state index >= 15 is 0 Å². The van der Waals surface area contributed by atoms with Crippen molar-refractivity contribution in [1.82, 2.24) is 0 Å². The third-order valence-corrected chi connectivity index (χ3v) is 6.82. The van der Waals surface area contributed by atoms with E-state index in [1.54, 1.807) is 27.7 Å². The Kier molecular flexibility index (Phi) is 11.1. The lowest BCUT2D eigenvalue weighted by molar-refractivity contribution is -0.167. The molecule has 0 radical (unpaired) electrons. The van der Waals surface area contributed by atoms with E-state index in [2.05, 4.69) is 6.92 Å². The first-order valence-corrected chi connectivity index (χ1v) is 13.7. The first-order valence-electron chi connectivity index (χ1n) is 13.7. The predicted octanol–water partition coefficient (Wildman–Crippen LogP) is 6.14. The monoisotopic (exact) mass is 504 g/mol. The molecule has 3 rings (SSSR count). The number of ether oxygens (including phenoxy) is 5. The molecule has 202 valence electrons. The van der Waals surface area contributed by atoms with Crippen LogP contribution in [-0.4, -0.2) is 43.0 Å². The fraction of sp³-hybridized carbons (Fsp3) is 0.724. The van der Waals surface area contributed by atoms with Gasteiger partial charge in [-0.3, -0.25) is 0 Å². The van der Waals surface area contributed by atoms with E-state index in [-0.39, 0.29) is 12.2 Å². The first-order chi connectivity index (χ1) is 17.3. The van der Waals surface area contributed by atoms with Crippen molar-refractivity contribution in [3.05, 3.63) is 29.8 Å². The van der Waals surface area contributed by atoms with E-state index in [0.29, 0.717) is 12.2 Å². The van der Waals surface area contributed by atoms with E-state index in [4.69, 9.17) is 23.7 Å². The molecule has 0 spiro atoms. The minimum atomic E-state index is -1.18. The molecule has 7 nitrogen and oxygen atoms in total. The molecule has 1 saturated carbocycles. The van der Waals surface area contributed by atoms with Crippen molar-refractivity contribution in [3.63, 3.8) is 0 Å². The fourth-order valence-electron chi connectivity index (χ4n) is 5.06. The van der Waals surface area contributed by atoms with Crippen LogP contribution in [0.25, 0.3) is 0 Å². The zero-order valence-corrected chi connectivity index (χ0v) is 22.6. The second-order valence-corrected chi connectivity index (χ2v) is 10.7. The number of carbonyl (C=O) groups excluding carboxylic acids is 2.